The van der Waals surface area contributed by atoms with Crippen molar-refractivity contribution in [1.29, 1.82) is 0 Å². The van der Waals surface area contributed by atoms with E-state index >= 15 is 0 Å². The highest BCUT2D eigenvalue weighted by Crippen LogP contribution is 2.43. The molecule has 2 aliphatic heterocycles. The third-order valence-electron chi connectivity index (χ3n) is 5.78. The predicted molar refractivity (Wildman–Crippen MR) is 124 cm³/mol. The maximum Gasteiger partial charge on any atom is 0.264 e. The van der Waals surface area contributed by atoms with Crippen molar-refractivity contribution < 1.29 is 24.2 Å². The van der Waals surface area contributed by atoms with Crippen molar-refractivity contribution in [3.63, 3.8) is 0 Å². The fourth-order valence-electron chi connectivity index (χ4n) is 4.12. The van der Waals surface area contributed by atoms with Crippen LogP contribution in [-0.4, -0.2) is 23.6 Å². The van der Waals surface area contributed by atoms with Crippen molar-refractivity contribution in [1.82, 2.24) is 0 Å². The lowest BCUT2D eigenvalue weighted by molar-refractivity contribution is -0.140. The molecule has 1 amide bonds. The summed E-state index contributed by atoms with van der Waals surface area (Å²) in [5.41, 5.74) is 0.698. The number of ketones is 1. The summed E-state index contributed by atoms with van der Waals surface area (Å²) in [7, 11) is 0. The molecule has 3 aromatic carbocycles. The van der Waals surface area contributed by atoms with E-state index < -0.39 is 11.5 Å². The zero-order chi connectivity index (χ0) is 23.0. The lowest BCUT2D eigenvalue weighted by atomic mass is 9.89. The Morgan fingerprint density at radius 2 is 1.82 bits per heavy atom. The van der Waals surface area contributed by atoms with Crippen LogP contribution in [0.25, 0.3) is 6.08 Å². The Hall–Kier alpha value is -3.61. The van der Waals surface area contributed by atoms with E-state index in [9.17, 15) is 14.7 Å². The van der Waals surface area contributed by atoms with Gasteiger partial charge in [0.05, 0.1) is 18.7 Å². The van der Waals surface area contributed by atoms with Crippen LogP contribution >= 0.6 is 11.6 Å². The van der Waals surface area contributed by atoms with Crippen LogP contribution in [0.15, 0.2) is 72.8 Å². The summed E-state index contributed by atoms with van der Waals surface area (Å²) in [6.45, 7) is 0.430. The molecule has 2 heterocycles. The summed E-state index contributed by atoms with van der Waals surface area (Å²) in [6.07, 6.45) is 2.64. The van der Waals surface area contributed by atoms with E-state index in [1.807, 2.05) is 12.1 Å². The van der Waals surface area contributed by atoms with E-state index in [2.05, 4.69) is 0 Å². The van der Waals surface area contributed by atoms with Gasteiger partial charge in [-0.15, -0.1) is 0 Å². The number of carbonyl (C=O) groups excluding carboxylic acids is 2. The second-order valence-electron chi connectivity index (χ2n) is 7.98. The van der Waals surface area contributed by atoms with Crippen molar-refractivity contribution in [2.24, 2.45) is 0 Å². The van der Waals surface area contributed by atoms with E-state index in [0.717, 1.165) is 11.1 Å². The van der Waals surface area contributed by atoms with Crippen molar-refractivity contribution in [3.05, 3.63) is 94.5 Å². The van der Waals surface area contributed by atoms with Gasteiger partial charge in [-0.2, -0.15) is 0 Å². The molecule has 0 radical (unpaired) electrons. The summed E-state index contributed by atoms with van der Waals surface area (Å²) < 4.78 is 10.6. The molecule has 3 aromatic rings. The molecular weight excluding hydrogens is 442 g/mol. The zero-order valence-corrected chi connectivity index (χ0v) is 18.3. The van der Waals surface area contributed by atoms with E-state index in [1.165, 1.54) is 11.0 Å². The van der Waals surface area contributed by atoms with Crippen LogP contribution < -0.4 is 14.4 Å². The fraction of sp³-hybridized carbons (Fsp3) is 0.154. The summed E-state index contributed by atoms with van der Waals surface area (Å²) in [5, 5.41) is 12.0. The number of halogens is 1. The fourth-order valence-corrected chi connectivity index (χ4v) is 4.25. The summed E-state index contributed by atoms with van der Waals surface area (Å²) >= 11 is 5.96. The number of nitrogens with zero attached hydrogens (tertiary/aromatic N) is 1. The Morgan fingerprint density at radius 3 is 2.64 bits per heavy atom. The molecular formula is C26H20ClNO5. The Morgan fingerprint density at radius 1 is 1.06 bits per heavy atom. The number of hydrogen-bond acceptors (Lipinski definition) is 5. The first-order valence-electron chi connectivity index (χ1n) is 10.4. The van der Waals surface area contributed by atoms with Gasteiger partial charge in [-0.3, -0.25) is 9.59 Å². The first-order valence-corrected chi connectivity index (χ1v) is 10.8. The molecule has 0 aliphatic carbocycles. The van der Waals surface area contributed by atoms with Crippen LogP contribution in [0, 0.1) is 0 Å². The average molecular weight is 462 g/mol. The van der Waals surface area contributed by atoms with Gasteiger partial charge in [0.25, 0.3) is 5.91 Å². The second-order valence-corrected chi connectivity index (χ2v) is 8.42. The molecule has 1 atom stereocenters. The van der Waals surface area contributed by atoms with E-state index in [0.29, 0.717) is 27.8 Å². The monoisotopic (exact) mass is 461 g/mol. The smallest absolute Gasteiger partial charge is 0.264 e. The lowest BCUT2D eigenvalue weighted by Crippen LogP contribution is -2.41. The van der Waals surface area contributed by atoms with Gasteiger partial charge in [0.15, 0.2) is 22.9 Å². The molecule has 0 saturated heterocycles. The van der Waals surface area contributed by atoms with Gasteiger partial charge in [-0.05, 0) is 47.5 Å². The average Bonchev–Trinajstić information content (AvgIpc) is 3.36. The van der Waals surface area contributed by atoms with Gasteiger partial charge in [0, 0.05) is 10.6 Å². The molecule has 0 spiro atoms. The number of anilines is 1. The molecule has 0 saturated carbocycles. The number of benzene rings is 3. The molecule has 1 unspecified atom stereocenters. The number of ether oxygens (including phenoxy) is 2. The first-order chi connectivity index (χ1) is 15.9. The van der Waals surface area contributed by atoms with Crippen molar-refractivity contribution >= 4 is 35.1 Å². The maximum absolute atomic E-state index is 13.3. The zero-order valence-electron chi connectivity index (χ0n) is 17.5. The minimum atomic E-state index is -1.93. The number of aliphatic hydroxyl groups is 1. The van der Waals surface area contributed by atoms with Crippen LogP contribution in [0.5, 0.6) is 11.5 Å². The van der Waals surface area contributed by atoms with Crippen LogP contribution in [0.2, 0.25) is 5.02 Å². The molecule has 0 fully saturated rings. The molecule has 0 aromatic heterocycles. The molecule has 2 aliphatic rings. The van der Waals surface area contributed by atoms with Gasteiger partial charge >= 0.3 is 0 Å². The topological polar surface area (TPSA) is 76.1 Å². The van der Waals surface area contributed by atoms with Crippen molar-refractivity contribution in [3.8, 4) is 11.5 Å². The Labute approximate surface area is 195 Å². The van der Waals surface area contributed by atoms with Crippen molar-refractivity contribution in [2.75, 3.05) is 11.7 Å². The third kappa shape index (κ3) is 3.99. The summed E-state index contributed by atoms with van der Waals surface area (Å²) in [4.78, 5) is 27.6. The molecule has 33 heavy (non-hydrogen) atoms. The number of allylic oxidation sites excluding steroid dienone is 1. The number of amides is 1. The van der Waals surface area contributed by atoms with Crippen LogP contribution in [0.3, 0.4) is 0 Å². The number of para-hydroxylation sites is 1. The second kappa shape index (κ2) is 8.39. The molecule has 6 nitrogen and oxygen atoms in total. The quantitative estimate of drug-likeness (QED) is 0.548. The van der Waals surface area contributed by atoms with Gasteiger partial charge in [0.1, 0.15) is 0 Å². The first kappa shape index (κ1) is 21.2. The third-order valence-corrected chi connectivity index (χ3v) is 6.03. The Kier molecular flexibility index (Phi) is 5.40. The van der Waals surface area contributed by atoms with Gasteiger partial charge in [-0.1, -0.05) is 54.1 Å². The highest BCUT2D eigenvalue weighted by Gasteiger charge is 2.50. The summed E-state index contributed by atoms with van der Waals surface area (Å²) in [6, 6.07) is 19.5. The Balaban J connectivity index is 1.37. The van der Waals surface area contributed by atoms with Crippen LogP contribution in [0.1, 0.15) is 23.1 Å². The normalized spacial score (nSPS) is 18.7. The molecule has 0 bridgehead atoms. The Bertz CT molecular complexity index is 1270. The lowest BCUT2D eigenvalue weighted by Gasteiger charge is -2.22. The SMILES string of the molecule is O=C(/C=C/c1ccc2c(c1)OCO2)CC1(O)C(=O)N(Cc2ccc(Cl)cc2)c2ccccc21. The number of fused-ring (bicyclic) bond motifs is 2. The molecule has 5 rings (SSSR count). The molecule has 166 valence electrons. The van der Waals surface area contributed by atoms with E-state index in [1.54, 1.807) is 60.7 Å². The van der Waals surface area contributed by atoms with E-state index in [-0.39, 0.29) is 25.5 Å². The minimum absolute atomic E-state index is 0.169. The van der Waals surface area contributed by atoms with Crippen LogP contribution in [0.4, 0.5) is 5.69 Å². The summed E-state index contributed by atoms with van der Waals surface area (Å²) in [5.74, 6) is 0.373. The number of hydrogen-bond donors (Lipinski definition) is 1. The van der Waals surface area contributed by atoms with Crippen molar-refractivity contribution in [2.45, 2.75) is 18.6 Å². The minimum Gasteiger partial charge on any atom is -0.454 e. The number of carbonyl (C=O) groups is 2. The molecule has 1 N–H and O–H groups in total. The van der Waals surface area contributed by atoms with E-state index in [4.69, 9.17) is 21.1 Å². The maximum atomic E-state index is 13.3. The number of rotatable bonds is 6. The van der Waals surface area contributed by atoms with Gasteiger partial charge < -0.3 is 19.5 Å². The highest BCUT2D eigenvalue weighted by atomic mass is 35.5. The van der Waals surface area contributed by atoms with Gasteiger partial charge in [-0.25, -0.2) is 0 Å². The largest absolute Gasteiger partial charge is 0.454 e. The van der Waals surface area contributed by atoms with Gasteiger partial charge in [0.2, 0.25) is 6.79 Å². The molecule has 7 heteroatoms. The standard InChI is InChI=1S/C26H20ClNO5/c27-19-9-5-18(6-10-19)15-28-22-4-2-1-3-21(22)26(31,25(28)30)14-20(29)11-7-17-8-12-23-24(13-17)33-16-32-23/h1-13,31H,14-16H2/b11-7+. The predicted octanol–water partition coefficient (Wildman–Crippen LogP) is 4.48. The van der Waals surface area contributed by atoms with Crippen LogP contribution in [-0.2, 0) is 21.7 Å². The highest BCUT2D eigenvalue weighted by molar-refractivity contribution is 6.30.